The number of halogens is 2. The molecular formula is C16H13Cl2NO. The van der Waals surface area contributed by atoms with Gasteiger partial charge in [0.1, 0.15) is 11.3 Å². The van der Waals surface area contributed by atoms with Crippen molar-refractivity contribution in [2.75, 3.05) is 0 Å². The molecule has 4 heteroatoms. The Morgan fingerprint density at radius 3 is 2.55 bits per heavy atom. The lowest BCUT2D eigenvalue weighted by Crippen LogP contribution is -2.12. The summed E-state index contributed by atoms with van der Waals surface area (Å²) in [5.41, 5.74) is 8.99. The number of hydrogen-bond donors (Lipinski definition) is 1. The minimum absolute atomic E-state index is 0.410. The average molecular weight is 306 g/mol. The summed E-state index contributed by atoms with van der Waals surface area (Å²) in [6.45, 7) is 2.00. The minimum atomic E-state index is -0.410. The Morgan fingerprint density at radius 2 is 1.85 bits per heavy atom. The van der Waals surface area contributed by atoms with Gasteiger partial charge in [0.15, 0.2) is 0 Å². The molecule has 0 bridgehead atoms. The molecule has 0 radical (unpaired) electrons. The van der Waals surface area contributed by atoms with Crippen molar-refractivity contribution < 1.29 is 4.42 Å². The van der Waals surface area contributed by atoms with Gasteiger partial charge in [-0.3, -0.25) is 0 Å². The lowest BCUT2D eigenvalue weighted by molar-refractivity contribution is 0.521. The smallest absolute Gasteiger partial charge is 0.134 e. The molecule has 20 heavy (non-hydrogen) atoms. The largest absolute Gasteiger partial charge is 0.459 e. The molecule has 0 spiro atoms. The summed E-state index contributed by atoms with van der Waals surface area (Å²) in [7, 11) is 0. The van der Waals surface area contributed by atoms with E-state index in [0.717, 1.165) is 27.9 Å². The second-order valence-electron chi connectivity index (χ2n) is 4.73. The van der Waals surface area contributed by atoms with E-state index in [1.165, 1.54) is 0 Å². The number of hydrogen-bond acceptors (Lipinski definition) is 2. The Hall–Kier alpha value is -1.48. The number of benzene rings is 2. The maximum absolute atomic E-state index is 6.31. The fourth-order valence-corrected chi connectivity index (χ4v) is 2.91. The van der Waals surface area contributed by atoms with E-state index in [0.29, 0.717) is 10.0 Å². The molecule has 1 unspecified atom stereocenters. The summed E-state index contributed by atoms with van der Waals surface area (Å²) in [6, 6.07) is 12.8. The van der Waals surface area contributed by atoms with Crippen molar-refractivity contribution in [2.24, 2.45) is 5.73 Å². The summed E-state index contributed by atoms with van der Waals surface area (Å²) >= 11 is 12.1. The van der Waals surface area contributed by atoms with Crippen LogP contribution in [0.15, 0.2) is 46.9 Å². The lowest BCUT2D eigenvalue weighted by Gasteiger charge is -2.12. The van der Waals surface area contributed by atoms with Crippen LogP contribution < -0.4 is 5.73 Å². The highest BCUT2D eigenvalue weighted by Gasteiger charge is 2.20. The first-order chi connectivity index (χ1) is 9.58. The van der Waals surface area contributed by atoms with Crippen LogP contribution in [-0.2, 0) is 0 Å². The predicted octanol–water partition coefficient (Wildman–Crippen LogP) is 5.10. The molecule has 0 fully saturated rings. The molecule has 0 aliphatic heterocycles. The molecule has 1 heterocycles. The third kappa shape index (κ3) is 2.20. The van der Waals surface area contributed by atoms with Crippen molar-refractivity contribution >= 4 is 34.2 Å². The molecule has 1 aromatic heterocycles. The first kappa shape index (κ1) is 13.5. The number of furan rings is 1. The summed E-state index contributed by atoms with van der Waals surface area (Å²) in [5, 5.41) is 2.21. The molecule has 0 aliphatic carbocycles. The van der Waals surface area contributed by atoms with E-state index in [9.17, 15) is 0 Å². The molecule has 1 atom stereocenters. The third-order valence-corrected chi connectivity index (χ3v) is 4.02. The second-order valence-corrected chi connectivity index (χ2v) is 5.57. The van der Waals surface area contributed by atoms with Crippen molar-refractivity contribution in [3.05, 3.63) is 69.4 Å². The maximum Gasteiger partial charge on any atom is 0.134 e. The molecule has 0 saturated heterocycles. The van der Waals surface area contributed by atoms with Crippen LogP contribution in [-0.4, -0.2) is 0 Å². The van der Waals surface area contributed by atoms with Gasteiger partial charge in [-0.1, -0.05) is 47.5 Å². The standard InChI is InChI=1S/C16H13Cl2NO/c1-9-11-4-2-3-5-14(11)20-16(9)15(19)12-7-6-10(17)8-13(12)18/h2-8,15H,19H2,1H3. The molecule has 0 saturated carbocycles. The monoisotopic (exact) mass is 305 g/mol. The number of aryl methyl sites for hydroxylation is 1. The fraction of sp³-hybridized carbons (Fsp3) is 0.125. The van der Waals surface area contributed by atoms with E-state index in [4.69, 9.17) is 33.4 Å². The van der Waals surface area contributed by atoms with Gasteiger partial charge in [0.05, 0.1) is 6.04 Å². The number of nitrogens with two attached hydrogens (primary N) is 1. The molecule has 2 N–H and O–H groups in total. The van der Waals surface area contributed by atoms with Gasteiger partial charge in [0.25, 0.3) is 0 Å². The van der Waals surface area contributed by atoms with Crippen LogP contribution >= 0.6 is 23.2 Å². The van der Waals surface area contributed by atoms with E-state index in [2.05, 4.69) is 0 Å². The lowest BCUT2D eigenvalue weighted by atomic mass is 10.0. The highest BCUT2D eigenvalue weighted by atomic mass is 35.5. The highest BCUT2D eigenvalue weighted by molar-refractivity contribution is 6.35. The molecule has 0 amide bonds. The Kier molecular flexibility index (Phi) is 3.47. The highest BCUT2D eigenvalue weighted by Crippen LogP contribution is 2.34. The van der Waals surface area contributed by atoms with Crippen molar-refractivity contribution in [2.45, 2.75) is 13.0 Å². The van der Waals surface area contributed by atoms with E-state index in [1.807, 2.05) is 37.3 Å². The van der Waals surface area contributed by atoms with E-state index >= 15 is 0 Å². The zero-order valence-corrected chi connectivity index (χ0v) is 12.4. The van der Waals surface area contributed by atoms with Crippen molar-refractivity contribution in [3.63, 3.8) is 0 Å². The third-order valence-electron chi connectivity index (χ3n) is 3.46. The molecule has 102 valence electrons. The SMILES string of the molecule is Cc1c(C(N)c2ccc(Cl)cc2Cl)oc2ccccc12. The van der Waals surface area contributed by atoms with Gasteiger partial charge in [-0.25, -0.2) is 0 Å². The van der Waals surface area contributed by atoms with Gasteiger partial charge in [-0.2, -0.15) is 0 Å². The first-order valence-electron chi connectivity index (χ1n) is 6.26. The van der Waals surface area contributed by atoms with Crippen LogP contribution in [0.5, 0.6) is 0 Å². The van der Waals surface area contributed by atoms with Gasteiger partial charge >= 0.3 is 0 Å². The van der Waals surface area contributed by atoms with Gasteiger partial charge in [0.2, 0.25) is 0 Å². The van der Waals surface area contributed by atoms with Crippen LogP contribution in [0.1, 0.15) is 22.9 Å². The minimum Gasteiger partial charge on any atom is -0.459 e. The predicted molar refractivity (Wildman–Crippen MR) is 83.4 cm³/mol. The van der Waals surface area contributed by atoms with Gasteiger partial charge in [0, 0.05) is 21.0 Å². The molecule has 3 rings (SSSR count). The van der Waals surface area contributed by atoms with Crippen LogP contribution in [0.25, 0.3) is 11.0 Å². The van der Waals surface area contributed by atoms with Gasteiger partial charge in [-0.05, 0) is 30.7 Å². The van der Waals surface area contributed by atoms with Crippen molar-refractivity contribution in [1.82, 2.24) is 0 Å². The average Bonchev–Trinajstić information content (AvgIpc) is 2.76. The molecule has 2 nitrogen and oxygen atoms in total. The maximum atomic E-state index is 6.31. The summed E-state index contributed by atoms with van der Waals surface area (Å²) in [6.07, 6.45) is 0. The number of rotatable bonds is 2. The molecular weight excluding hydrogens is 293 g/mol. The van der Waals surface area contributed by atoms with Crippen molar-refractivity contribution in [1.29, 1.82) is 0 Å². The Balaban J connectivity index is 2.12. The summed E-state index contributed by atoms with van der Waals surface area (Å²) in [4.78, 5) is 0. The zero-order chi connectivity index (χ0) is 14.3. The van der Waals surface area contributed by atoms with E-state index < -0.39 is 6.04 Å². The van der Waals surface area contributed by atoms with Crippen LogP contribution in [0.4, 0.5) is 0 Å². The number of fused-ring (bicyclic) bond motifs is 1. The van der Waals surface area contributed by atoms with Gasteiger partial charge < -0.3 is 10.2 Å². The van der Waals surface area contributed by atoms with E-state index in [-0.39, 0.29) is 0 Å². The topological polar surface area (TPSA) is 39.2 Å². The Bertz CT molecular complexity index is 779. The number of para-hydroxylation sites is 1. The normalized spacial score (nSPS) is 12.8. The van der Waals surface area contributed by atoms with Crippen LogP contribution in [0.2, 0.25) is 10.0 Å². The Morgan fingerprint density at radius 1 is 1.10 bits per heavy atom. The molecule has 3 aromatic rings. The van der Waals surface area contributed by atoms with Gasteiger partial charge in [-0.15, -0.1) is 0 Å². The quantitative estimate of drug-likeness (QED) is 0.715. The van der Waals surface area contributed by atoms with Crippen LogP contribution in [0, 0.1) is 6.92 Å². The summed E-state index contributed by atoms with van der Waals surface area (Å²) < 4.78 is 5.88. The second kappa shape index (κ2) is 5.13. The first-order valence-corrected chi connectivity index (χ1v) is 7.02. The van der Waals surface area contributed by atoms with Crippen LogP contribution in [0.3, 0.4) is 0 Å². The fourth-order valence-electron chi connectivity index (χ4n) is 2.38. The van der Waals surface area contributed by atoms with E-state index in [1.54, 1.807) is 12.1 Å². The molecule has 2 aromatic carbocycles. The molecule has 0 aliphatic rings. The Labute approximate surface area is 127 Å². The van der Waals surface area contributed by atoms with Crippen molar-refractivity contribution in [3.8, 4) is 0 Å². The summed E-state index contributed by atoms with van der Waals surface area (Å²) in [5.74, 6) is 0.732. The zero-order valence-electron chi connectivity index (χ0n) is 10.9.